The summed E-state index contributed by atoms with van der Waals surface area (Å²) in [6.07, 6.45) is 0.580. The van der Waals surface area contributed by atoms with Gasteiger partial charge in [-0.25, -0.2) is 0 Å². The minimum Gasteiger partial charge on any atom is -0.424 e. The molecule has 5 heteroatoms. The molecule has 1 heterocycles. The Morgan fingerprint density at radius 1 is 0.800 bits per heavy atom. The van der Waals surface area contributed by atoms with E-state index in [9.17, 15) is 4.21 Å². The molecule has 0 radical (unpaired) electrons. The zero-order valence-electron chi connectivity index (χ0n) is 13.5. The molecule has 0 amide bonds. The third-order valence-corrected chi connectivity index (χ3v) is 5.23. The van der Waals surface area contributed by atoms with Crippen molar-refractivity contribution in [3.05, 3.63) is 90.1 Å². The van der Waals surface area contributed by atoms with Crippen LogP contribution < -0.4 is 0 Å². The molecule has 4 aromatic rings. The number of benzene rings is 3. The Bertz CT molecular complexity index is 1030. The maximum absolute atomic E-state index is 12.6. The quantitative estimate of drug-likeness (QED) is 0.544. The van der Waals surface area contributed by atoms with E-state index in [1.54, 1.807) is 0 Å². The summed E-state index contributed by atoms with van der Waals surface area (Å²) in [5.74, 6) is 1.16. The molecular formula is C20H16N2O2S. The Hall–Kier alpha value is -2.79. The van der Waals surface area contributed by atoms with Crippen LogP contribution in [-0.2, 0) is 23.0 Å². The fourth-order valence-electron chi connectivity index (χ4n) is 2.69. The Kier molecular flexibility index (Phi) is 4.39. The van der Waals surface area contributed by atoms with Crippen LogP contribution in [0, 0.1) is 0 Å². The first-order valence-electron chi connectivity index (χ1n) is 8.00. The van der Waals surface area contributed by atoms with Gasteiger partial charge in [0.25, 0.3) is 0 Å². The monoisotopic (exact) mass is 348 g/mol. The predicted molar refractivity (Wildman–Crippen MR) is 97.6 cm³/mol. The molecular weight excluding hydrogens is 332 g/mol. The van der Waals surface area contributed by atoms with E-state index in [1.807, 2.05) is 72.8 Å². The second-order valence-electron chi connectivity index (χ2n) is 5.75. The van der Waals surface area contributed by atoms with E-state index >= 15 is 0 Å². The van der Waals surface area contributed by atoms with Gasteiger partial charge in [0.1, 0.15) is 5.75 Å². The van der Waals surface area contributed by atoms with E-state index in [0.29, 0.717) is 18.2 Å². The van der Waals surface area contributed by atoms with Crippen molar-refractivity contribution < 1.29 is 8.63 Å². The van der Waals surface area contributed by atoms with Gasteiger partial charge in [-0.05, 0) is 28.5 Å². The third kappa shape index (κ3) is 3.67. The molecule has 4 rings (SSSR count). The van der Waals surface area contributed by atoms with Crippen LogP contribution in [0.5, 0.6) is 0 Å². The van der Waals surface area contributed by atoms with Crippen molar-refractivity contribution in [3.8, 4) is 0 Å². The van der Waals surface area contributed by atoms with Crippen LogP contribution in [0.3, 0.4) is 0 Å². The van der Waals surface area contributed by atoms with Crippen molar-refractivity contribution in [1.82, 2.24) is 10.2 Å². The van der Waals surface area contributed by atoms with Crippen molar-refractivity contribution in [3.63, 3.8) is 0 Å². The summed E-state index contributed by atoms with van der Waals surface area (Å²) in [4.78, 5) is 0.765. The number of fused-ring (bicyclic) bond motifs is 1. The SMILES string of the molecule is O=[S@](Cc1nnc(Cc2ccccc2)o1)c1ccc2ccccc2c1. The minimum atomic E-state index is -1.22. The van der Waals surface area contributed by atoms with Gasteiger partial charge in [0, 0.05) is 4.90 Å². The molecule has 3 aromatic carbocycles. The lowest BCUT2D eigenvalue weighted by atomic mass is 10.1. The van der Waals surface area contributed by atoms with Gasteiger partial charge >= 0.3 is 0 Å². The lowest BCUT2D eigenvalue weighted by Gasteiger charge is -2.02. The standard InChI is InChI=1S/C20H16N2O2S/c23-25(18-11-10-16-8-4-5-9-17(16)13-18)14-20-22-21-19(24-20)12-15-6-2-1-3-7-15/h1-11,13H,12,14H2/t25-/m1/s1. The normalized spacial score (nSPS) is 12.3. The van der Waals surface area contributed by atoms with Crippen LogP contribution in [0.1, 0.15) is 17.3 Å². The van der Waals surface area contributed by atoms with Gasteiger partial charge in [-0.2, -0.15) is 0 Å². The number of rotatable bonds is 5. The van der Waals surface area contributed by atoms with Gasteiger partial charge in [-0.1, -0.05) is 60.7 Å². The summed E-state index contributed by atoms with van der Waals surface area (Å²) < 4.78 is 18.3. The highest BCUT2D eigenvalue weighted by molar-refractivity contribution is 7.84. The minimum absolute atomic E-state index is 0.222. The van der Waals surface area contributed by atoms with Crippen LogP contribution >= 0.6 is 0 Å². The summed E-state index contributed by atoms with van der Waals surface area (Å²) in [5, 5.41) is 10.3. The van der Waals surface area contributed by atoms with E-state index in [4.69, 9.17) is 4.42 Å². The van der Waals surface area contributed by atoms with Gasteiger partial charge in [-0.15, -0.1) is 10.2 Å². The van der Waals surface area contributed by atoms with E-state index in [2.05, 4.69) is 10.2 Å². The summed E-state index contributed by atoms with van der Waals surface area (Å²) >= 11 is 0. The van der Waals surface area contributed by atoms with Crippen LogP contribution in [0.2, 0.25) is 0 Å². The van der Waals surface area contributed by atoms with Gasteiger partial charge in [0.2, 0.25) is 11.8 Å². The van der Waals surface area contributed by atoms with E-state index in [0.717, 1.165) is 21.2 Å². The topological polar surface area (TPSA) is 56.0 Å². The zero-order valence-corrected chi connectivity index (χ0v) is 14.3. The van der Waals surface area contributed by atoms with E-state index < -0.39 is 10.8 Å². The molecule has 0 spiro atoms. The summed E-state index contributed by atoms with van der Waals surface area (Å²) in [7, 11) is -1.22. The molecule has 0 unspecified atom stereocenters. The van der Waals surface area contributed by atoms with Crippen molar-refractivity contribution >= 4 is 21.6 Å². The molecule has 0 N–H and O–H groups in total. The molecule has 0 saturated carbocycles. The number of hydrogen-bond donors (Lipinski definition) is 0. The maximum atomic E-state index is 12.6. The highest BCUT2D eigenvalue weighted by Gasteiger charge is 2.12. The molecule has 124 valence electrons. The molecule has 25 heavy (non-hydrogen) atoms. The van der Waals surface area contributed by atoms with Gasteiger partial charge in [0.15, 0.2) is 0 Å². The Morgan fingerprint density at radius 3 is 2.36 bits per heavy atom. The maximum Gasteiger partial charge on any atom is 0.229 e. The molecule has 0 aliphatic rings. The molecule has 0 aliphatic carbocycles. The van der Waals surface area contributed by atoms with Crippen LogP contribution in [0.15, 0.2) is 82.1 Å². The average Bonchev–Trinajstić information content (AvgIpc) is 3.09. The van der Waals surface area contributed by atoms with E-state index in [-0.39, 0.29) is 5.75 Å². The molecule has 1 aromatic heterocycles. The Morgan fingerprint density at radius 2 is 1.52 bits per heavy atom. The highest BCUT2D eigenvalue weighted by atomic mass is 32.2. The number of aromatic nitrogens is 2. The summed E-state index contributed by atoms with van der Waals surface area (Å²) in [6, 6.07) is 23.8. The fraction of sp³-hybridized carbons (Fsp3) is 0.100. The molecule has 0 bridgehead atoms. The van der Waals surface area contributed by atoms with Crippen molar-refractivity contribution in [2.75, 3.05) is 0 Å². The Balaban J connectivity index is 1.48. The smallest absolute Gasteiger partial charge is 0.229 e. The molecule has 0 fully saturated rings. The van der Waals surface area contributed by atoms with Gasteiger partial charge in [0.05, 0.1) is 17.2 Å². The molecule has 4 nitrogen and oxygen atoms in total. The van der Waals surface area contributed by atoms with Gasteiger partial charge in [-0.3, -0.25) is 4.21 Å². The van der Waals surface area contributed by atoms with Crippen molar-refractivity contribution in [1.29, 1.82) is 0 Å². The second-order valence-corrected chi connectivity index (χ2v) is 7.20. The number of nitrogens with zero attached hydrogens (tertiary/aromatic N) is 2. The average molecular weight is 348 g/mol. The summed E-state index contributed by atoms with van der Waals surface area (Å²) in [5.41, 5.74) is 1.10. The van der Waals surface area contributed by atoms with Crippen molar-refractivity contribution in [2.45, 2.75) is 17.1 Å². The highest BCUT2D eigenvalue weighted by Crippen LogP contribution is 2.20. The molecule has 1 atom stereocenters. The first kappa shape index (κ1) is 15.7. The molecule has 0 aliphatic heterocycles. The van der Waals surface area contributed by atoms with Crippen molar-refractivity contribution in [2.24, 2.45) is 0 Å². The van der Waals surface area contributed by atoms with Gasteiger partial charge < -0.3 is 4.42 Å². The zero-order chi connectivity index (χ0) is 17.1. The predicted octanol–water partition coefficient (Wildman–Crippen LogP) is 4.12. The van der Waals surface area contributed by atoms with Crippen LogP contribution in [-0.4, -0.2) is 14.4 Å². The number of hydrogen-bond acceptors (Lipinski definition) is 4. The lowest BCUT2D eigenvalue weighted by molar-refractivity contribution is 0.472. The Labute approximate surface area is 148 Å². The first-order valence-corrected chi connectivity index (χ1v) is 9.32. The summed E-state index contributed by atoms with van der Waals surface area (Å²) in [6.45, 7) is 0. The lowest BCUT2D eigenvalue weighted by Crippen LogP contribution is -1.97. The third-order valence-electron chi connectivity index (χ3n) is 3.95. The fourth-order valence-corrected chi connectivity index (χ4v) is 3.68. The first-order chi connectivity index (χ1) is 12.3. The largest absolute Gasteiger partial charge is 0.424 e. The van der Waals surface area contributed by atoms with E-state index in [1.165, 1.54) is 0 Å². The van der Waals surface area contributed by atoms with Crippen LogP contribution in [0.4, 0.5) is 0 Å². The molecule has 0 saturated heterocycles. The second kappa shape index (κ2) is 6.99. The van der Waals surface area contributed by atoms with Crippen LogP contribution in [0.25, 0.3) is 10.8 Å².